The Morgan fingerprint density at radius 1 is 1.11 bits per heavy atom. The Bertz CT molecular complexity index is 945. The highest BCUT2D eigenvalue weighted by Crippen LogP contribution is 2.31. The van der Waals surface area contributed by atoms with Crippen molar-refractivity contribution >= 4 is 12.4 Å². The first-order chi connectivity index (χ1) is 13.1. The van der Waals surface area contributed by atoms with Crippen molar-refractivity contribution in [3.05, 3.63) is 90.0 Å². The molecular weight excluding hydrogens is 343 g/mol. The average Bonchev–Trinajstić information content (AvgIpc) is 2.73. The molecular formula is C21H19FN4O. The van der Waals surface area contributed by atoms with Crippen molar-refractivity contribution in [2.75, 3.05) is 7.05 Å². The van der Waals surface area contributed by atoms with Crippen molar-refractivity contribution in [3.63, 3.8) is 0 Å². The fraction of sp³-hybridized carbons (Fsp3) is 0.0952. The largest absolute Gasteiger partial charge is 0.369 e. The van der Waals surface area contributed by atoms with Gasteiger partial charge in [-0.2, -0.15) is 0 Å². The van der Waals surface area contributed by atoms with Gasteiger partial charge in [-0.15, -0.1) is 0 Å². The van der Waals surface area contributed by atoms with Gasteiger partial charge in [0.2, 0.25) is 6.41 Å². The lowest BCUT2D eigenvalue weighted by atomic mass is 9.95. The molecule has 136 valence electrons. The molecule has 0 bridgehead atoms. The molecule has 0 spiro atoms. The van der Waals surface area contributed by atoms with E-state index >= 15 is 0 Å². The number of pyridine rings is 1. The molecule has 5 nitrogen and oxygen atoms in total. The number of rotatable bonds is 5. The SMILES string of the molecule is CN(C=O)C(N)=NC(c1ccccc1)c1ccc(F)c(-c2ccncc2)c1. The normalized spacial score (nSPS) is 12.4. The number of hydrogen-bond donors (Lipinski definition) is 1. The molecule has 1 amide bonds. The van der Waals surface area contributed by atoms with E-state index in [1.54, 1.807) is 36.7 Å². The standard InChI is InChI=1S/C21H19FN4O/c1-26(14-27)21(23)25-20(16-5-3-2-4-6-16)17-7-8-19(22)18(13-17)15-9-11-24-12-10-15/h2-14,20H,1H3,(H2,23,25). The minimum Gasteiger partial charge on any atom is -0.369 e. The summed E-state index contributed by atoms with van der Waals surface area (Å²) >= 11 is 0. The Labute approximate surface area is 157 Å². The second-order valence-electron chi connectivity index (χ2n) is 5.99. The van der Waals surface area contributed by atoms with Crippen molar-refractivity contribution in [2.45, 2.75) is 6.04 Å². The van der Waals surface area contributed by atoms with Crippen LogP contribution in [0.5, 0.6) is 0 Å². The molecule has 0 aliphatic rings. The van der Waals surface area contributed by atoms with Crippen LogP contribution in [-0.4, -0.2) is 29.3 Å². The van der Waals surface area contributed by atoms with Crippen molar-refractivity contribution in [1.82, 2.24) is 9.88 Å². The van der Waals surface area contributed by atoms with Gasteiger partial charge in [-0.05, 0) is 41.0 Å². The summed E-state index contributed by atoms with van der Waals surface area (Å²) in [5, 5.41) is 0. The zero-order valence-corrected chi connectivity index (χ0v) is 14.8. The monoisotopic (exact) mass is 362 g/mol. The van der Waals surface area contributed by atoms with Crippen molar-refractivity contribution < 1.29 is 9.18 Å². The van der Waals surface area contributed by atoms with E-state index in [1.165, 1.54) is 18.0 Å². The number of carbonyl (C=O) groups excluding carboxylic acids is 1. The first-order valence-corrected chi connectivity index (χ1v) is 8.36. The molecule has 0 saturated heterocycles. The van der Waals surface area contributed by atoms with Gasteiger partial charge in [0.05, 0.1) is 0 Å². The van der Waals surface area contributed by atoms with Crippen molar-refractivity contribution in [2.24, 2.45) is 10.7 Å². The molecule has 1 aromatic heterocycles. The van der Waals surface area contributed by atoms with E-state index in [2.05, 4.69) is 9.98 Å². The Morgan fingerprint density at radius 3 is 2.48 bits per heavy atom. The van der Waals surface area contributed by atoms with Crippen LogP contribution in [0.15, 0.2) is 78.0 Å². The maximum Gasteiger partial charge on any atom is 0.216 e. The predicted octanol–water partition coefficient (Wildman–Crippen LogP) is 3.38. The molecule has 0 saturated carbocycles. The lowest BCUT2D eigenvalue weighted by molar-refractivity contribution is -0.114. The fourth-order valence-corrected chi connectivity index (χ4v) is 2.72. The zero-order valence-electron chi connectivity index (χ0n) is 14.8. The second kappa shape index (κ2) is 8.23. The van der Waals surface area contributed by atoms with Gasteiger partial charge in [-0.1, -0.05) is 36.4 Å². The van der Waals surface area contributed by atoms with Gasteiger partial charge in [-0.3, -0.25) is 14.7 Å². The van der Waals surface area contributed by atoms with Crippen LogP contribution in [0.3, 0.4) is 0 Å². The van der Waals surface area contributed by atoms with Gasteiger partial charge < -0.3 is 5.73 Å². The molecule has 27 heavy (non-hydrogen) atoms. The Hall–Kier alpha value is -3.54. The maximum absolute atomic E-state index is 14.4. The van der Waals surface area contributed by atoms with Crippen LogP contribution in [-0.2, 0) is 4.79 Å². The van der Waals surface area contributed by atoms with Gasteiger partial charge in [-0.25, -0.2) is 9.38 Å². The molecule has 6 heteroatoms. The van der Waals surface area contributed by atoms with E-state index in [4.69, 9.17) is 5.73 Å². The second-order valence-corrected chi connectivity index (χ2v) is 5.99. The average molecular weight is 362 g/mol. The molecule has 1 unspecified atom stereocenters. The molecule has 2 N–H and O–H groups in total. The van der Waals surface area contributed by atoms with Gasteiger partial charge >= 0.3 is 0 Å². The Morgan fingerprint density at radius 2 is 1.81 bits per heavy atom. The number of guanidine groups is 1. The third kappa shape index (κ3) is 4.17. The third-order valence-corrected chi connectivity index (χ3v) is 4.19. The highest BCUT2D eigenvalue weighted by atomic mass is 19.1. The van der Waals surface area contributed by atoms with Crippen molar-refractivity contribution in [3.8, 4) is 11.1 Å². The molecule has 3 aromatic rings. The number of aromatic nitrogens is 1. The summed E-state index contributed by atoms with van der Waals surface area (Å²) in [6, 6.07) is 17.4. The molecule has 0 aliphatic carbocycles. The summed E-state index contributed by atoms with van der Waals surface area (Å²) in [6.45, 7) is 0. The zero-order chi connectivity index (χ0) is 19.2. The molecule has 0 fully saturated rings. The van der Waals surface area contributed by atoms with E-state index < -0.39 is 6.04 Å². The van der Waals surface area contributed by atoms with Crippen LogP contribution in [0, 0.1) is 5.82 Å². The summed E-state index contributed by atoms with van der Waals surface area (Å²) in [5.74, 6) is -0.257. The number of carbonyl (C=O) groups is 1. The minimum absolute atomic E-state index is 0.0774. The molecule has 0 radical (unpaired) electrons. The van der Waals surface area contributed by atoms with Crippen LogP contribution in [0.25, 0.3) is 11.1 Å². The van der Waals surface area contributed by atoms with Gasteiger partial charge in [0.1, 0.15) is 11.9 Å². The van der Waals surface area contributed by atoms with Crippen LogP contribution in [0.2, 0.25) is 0 Å². The van der Waals surface area contributed by atoms with Crippen LogP contribution < -0.4 is 5.73 Å². The number of halogens is 1. The predicted molar refractivity (Wildman–Crippen MR) is 103 cm³/mol. The summed E-state index contributed by atoms with van der Waals surface area (Å²) in [4.78, 5) is 20.7. The quantitative estimate of drug-likeness (QED) is 0.430. The number of benzene rings is 2. The fourth-order valence-electron chi connectivity index (χ4n) is 2.72. The number of nitrogens with two attached hydrogens (primary N) is 1. The van der Waals surface area contributed by atoms with Crippen molar-refractivity contribution in [1.29, 1.82) is 0 Å². The highest BCUT2D eigenvalue weighted by Gasteiger charge is 2.17. The van der Waals surface area contributed by atoms with Crippen LogP contribution in [0.4, 0.5) is 4.39 Å². The molecule has 2 aromatic carbocycles. The molecule has 1 atom stereocenters. The van der Waals surface area contributed by atoms with Crippen LogP contribution in [0.1, 0.15) is 17.2 Å². The lowest BCUT2D eigenvalue weighted by Crippen LogP contribution is -2.33. The highest BCUT2D eigenvalue weighted by molar-refractivity contribution is 5.87. The summed E-state index contributed by atoms with van der Waals surface area (Å²) in [5.41, 5.74) is 8.76. The maximum atomic E-state index is 14.4. The number of aliphatic imine (C=N–C) groups is 1. The third-order valence-electron chi connectivity index (χ3n) is 4.19. The topological polar surface area (TPSA) is 71.6 Å². The number of hydrogen-bond acceptors (Lipinski definition) is 3. The van der Waals surface area contributed by atoms with E-state index in [9.17, 15) is 9.18 Å². The lowest BCUT2D eigenvalue weighted by Gasteiger charge is -2.18. The molecule has 1 heterocycles. The summed E-state index contributed by atoms with van der Waals surface area (Å²) in [7, 11) is 1.53. The van der Waals surface area contributed by atoms with E-state index in [-0.39, 0.29) is 11.8 Å². The van der Waals surface area contributed by atoms with E-state index in [0.29, 0.717) is 12.0 Å². The van der Waals surface area contributed by atoms with Gasteiger partial charge in [0.15, 0.2) is 5.96 Å². The minimum atomic E-state index is -0.477. The first-order valence-electron chi connectivity index (χ1n) is 8.36. The number of nitrogens with zero attached hydrogens (tertiary/aromatic N) is 3. The Balaban J connectivity index is 2.12. The molecule has 3 rings (SSSR count). The smallest absolute Gasteiger partial charge is 0.216 e. The van der Waals surface area contributed by atoms with E-state index in [0.717, 1.165) is 16.7 Å². The first kappa shape index (κ1) is 18.3. The Kier molecular flexibility index (Phi) is 5.56. The van der Waals surface area contributed by atoms with E-state index in [1.807, 2.05) is 30.3 Å². The number of amides is 1. The van der Waals surface area contributed by atoms with Crippen LogP contribution >= 0.6 is 0 Å². The summed E-state index contributed by atoms with van der Waals surface area (Å²) < 4.78 is 14.4. The summed E-state index contributed by atoms with van der Waals surface area (Å²) in [6.07, 6.45) is 3.82. The van der Waals surface area contributed by atoms with Gasteiger partial charge in [0, 0.05) is 25.0 Å². The molecule has 0 aliphatic heterocycles. The van der Waals surface area contributed by atoms with Gasteiger partial charge in [0.25, 0.3) is 0 Å².